The Labute approximate surface area is 215 Å². The number of carbonyl (C=O) groups is 1. The Hall–Kier alpha value is -3.61. The highest BCUT2D eigenvalue weighted by Gasteiger charge is 2.19. The van der Waals surface area contributed by atoms with Crippen LogP contribution in [0.1, 0.15) is 5.56 Å². The maximum Gasteiger partial charge on any atom is 0.262 e. The molecule has 0 atom stereocenters. The lowest BCUT2D eigenvalue weighted by Gasteiger charge is -2.11. The third-order valence-corrected chi connectivity index (χ3v) is 8.24. The first-order chi connectivity index (χ1) is 17.3. The number of sulfonamides is 1. The molecule has 184 valence electrons. The number of thiazole rings is 1. The van der Waals surface area contributed by atoms with Crippen molar-refractivity contribution >= 4 is 71.2 Å². The van der Waals surface area contributed by atoms with E-state index in [-0.39, 0.29) is 21.8 Å². The number of oxazole rings is 1. The summed E-state index contributed by atoms with van der Waals surface area (Å²) < 4.78 is 40.2. The van der Waals surface area contributed by atoms with Gasteiger partial charge in [0.2, 0.25) is 5.91 Å². The maximum atomic E-state index is 12.9. The molecule has 0 bridgehead atoms. The van der Waals surface area contributed by atoms with Crippen LogP contribution in [0.3, 0.4) is 0 Å². The van der Waals surface area contributed by atoms with Gasteiger partial charge < -0.3 is 14.5 Å². The van der Waals surface area contributed by atoms with Crippen LogP contribution in [-0.4, -0.2) is 37.2 Å². The number of nitrogens with zero attached hydrogens (tertiary/aromatic N) is 2. The van der Waals surface area contributed by atoms with Gasteiger partial charge in [0.25, 0.3) is 15.2 Å². The Morgan fingerprint density at radius 1 is 1.08 bits per heavy atom. The van der Waals surface area contributed by atoms with Crippen molar-refractivity contribution in [3.8, 4) is 5.75 Å². The molecule has 0 unspecified atom stereocenters. The number of carbonyl (C=O) groups excluding carboxylic acids is 1. The van der Waals surface area contributed by atoms with Gasteiger partial charge in [0.05, 0.1) is 33.7 Å². The fraction of sp³-hybridized carbons (Fsp3) is 0.125. The summed E-state index contributed by atoms with van der Waals surface area (Å²) in [6, 6.07) is 17.0. The number of hydrogen-bond donors (Lipinski definition) is 2. The molecule has 5 rings (SSSR count). The summed E-state index contributed by atoms with van der Waals surface area (Å²) in [5.41, 5.74) is 3.06. The predicted octanol–water partition coefficient (Wildman–Crippen LogP) is 5.29. The molecule has 9 nitrogen and oxygen atoms in total. The summed E-state index contributed by atoms with van der Waals surface area (Å²) in [5.74, 6) is 0.214. The number of hydrogen-bond acceptors (Lipinski definition) is 9. The van der Waals surface area contributed by atoms with Crippen molar-refractivity contribution < 1.29 is 22.4 Å². The molecular formula is C24H20N4O5S3. The fourth-order valence-electron chi connectivity index (χ4n) is 3.42. The minimum absolute atomic E-state index is 0.0228. The number of aryl methyl sites for hydroxylation is 1. The van der Waals surface area contributed by atoms with Crippen LogP contribution in [0.5, 0.6) is 5.75 Å². The quantitative estimate of drug-likeness (QED) is 0.255. The van der Waals surface area contributed by atoms with E-state index in [0.717, 1.165) is 27.5 Å². The van der Waals surface area contributed by atoms with Crippen molar-refractivity contribution in [1.29, 1.82) is 0 Å². The Morgan fingerprint density at radius 3 is 2.75 bits per heavy atom. The molecule has 2 heterocycles. The van der Waals surface area contributed by atoms with E-state index >= 15 is 0 Å². The van der Waals surface area contributed by atoms with Crippen LogP contribution in [0, 0.1) is 6.92 Å². The molecule has 2 N–H and O–H groups in total. The predicted molar refractivity (Wildman–Crippen MR) is 142 cm³/mol. The van der Waals surface area contributed by atoms with Gasteiger partial charge in [-0.05, 0) is 55.0 Å². The van der Waals surface area contributed by atoms with E-state index in [1.54, 1.807) is 24.3 Å². The number of aromatic nitrogens is 2. The second kappa shape index (κ2) is 9.80. The second-order valence-electron chi connectivity index (χ2n) is 7.74. The van der Waals surface area contributed by atoms with Crippen LogP contribution >= 0.6 is 23.1 Å². The molecule has 3 aromatic carbocycles. The molecule has 0 radical (unpaired) electrons. The molecule has 0 saturated carbocycles. The van der Waals surface area contributed by atoms with Gasteiger partial charge in [-0.15, -0.1) is 0 Å². The third kappa shape index (κ3) is 5.15. The van der Waals surface area contributed by atoms with Gasteiger partial charge in [-0.1, -0.05) is 41.3 Å². The first kappa shape index (κ1) is 24.1. The monoisotopic (exact) mass is 540 g/mol. The van der Waals surface area contributed by atoms with Crippen LogP contribution in [0.15, 0.2) is 75.2 Å². The summed E-state index contributed by atoms with van der Waals surface area (Å²) in [5, 5.41) is 3.58. The molecule has 0 fully saturated rings. The number of thioether (sulfide) groups is 1. The van der Waals surface area contributed by atoms with Crippen LogP contribution in [-0.2, 0) is 14.8 Å². The lowest BCUT2D eigenvalue weighted by Crippen LogP contribution is -2.13. The molecule has 0 aliphatic rings. The van der Waals surface area contributed by atoms with Gasteiger partial charge in [0.1, 0.15) is 11.3 Å². The molecule has 0 aliphatic carbocycles. The summed E-state index contributed by atoms with van der Waals surface area (Å²) in [6.45, 7) is 2.00. The highest BCUT2D eigenvalue weighted by Crippen LogP contribution is 2.30. The molecule has 5 aromatic rings. The van der Waals surface area contributed by atoms with Gasteiger partial charge in [-0.25, -0.2) is 18.4 Å². The number of anilines is 2. The van der Waals surface area contributed by atoms with E-state index in [2.05, 4.69) is 20.0 Å². The number of nitrogens with one attached hydrogen (secondary N) is 2. The minimum atomic E-state index is -3.89. The normalized spacial score (nSPS) is 11.6. The molecule has 2 aromatic heterocycles. The van der Waals surface area contributed by atoms with Crippen molar-refractivity contribution in [2.45, 2.75) is 17.0 Å². The number of fused-ring (bicyclic) bond motifs is 2. The maximum absolute atomic E-state index is 12.9. The molecular weight excluding hydrogens is 520 g/mol. The Balaban J connectivity index is 1.26. The standard InChI is InChI=1S/C24H20N4O5S3/c1-14-7-9-17-21(11-14)35-23(25-17)27-22(29)13-34-24-26-18-12-15(8-10-20(18)33-24)36(30,31)28-16-5-3-4-6-19(16)32-2/h3-12,28H,13H2,1-2H3,(H,25,27,29). The van der Waals surface area contributed by atoms with Crippen LogP contribution in [0.25, 0.3) is 21.3 Å². The molecule has 1 amide bonds. The van der Waals surface area contributed by atoms with Crippen LogP contribution in [0.4, 0.5) is 10.8 Å². The summed E-state index contributed by atoms with van der Waals surface area (Å²) >= 11 is 2.52. The molecule has 0 aliphatic heterocycles. The van der Waals surface area contributed by atoms with E-state index in [9.17, 15) is 13.2 Å². The highest BCUT2D eigenvalue weighted by molar-refractivity contribution is 7.99. The average Bonchev–Trinajstić information content (AvgIpc) is 3.45. The third-order valence-electron chi connectivity index (χ3n) is 5.12. The van der Waals surface area contributed by atoms with E-state index in [1.165, 1.54) is 36.6 Å². The van der Waals surface area contributed by atoms with E-state index in [4.69, 9.17) is 9.15 Å². The number of benzene rings is 3. The summed E-state index contributed by atoms with van der Waals surface area (Å²) in [7, 11) is -2.42. The lowest BCUT2D eigenvalue weighted by molar-refractivity contribution is -0.113. The first-order valence-electron chi connectivity index (χ1n) is 10.7. The van der Waals surface area contributed by atoms with Crippen molar-refractivity contribution in [2.24, 2.45) is 0 Å². The zero-order valence-electron chi connectivity index (χ0n) is 19.1. The Kier molecular flexibility index (Phi) is 6.56. The SMILES string of the molecule is COc1ccccc1NS(=O)(=O)c1ccc2oc(SCC(=O)Nc3nc4ccc(C)cc4s3)nc2c1. The van der Waals surface area contributed by atoms with Crippen molar-refractivity contribution in [2.75, 3.05) is 22.9 Å². The van der Waals surface area contributed by atoms with Crippen molar-refractivity contribution in [3.05, 3.63) is 66.2 Å². The molecule has 12 heteroatoms. The van der Waals surface area contributed by atoms with Crippen molar-refractivity contribution in [1.82, 2.24) is 9.97 Å². The molecule has 36 heavy (non-hydrogen) atoms. The number of methoxy groups -OCH3 is 1. The van der Waals surface area contributed by atoms with E-state index < -0.39 is 10.0 Å². The average molecular weight is 541 g/mol. The van der Waals surface area contributed by atoms with Crippen LogP contribution in [0.2, 0.25) is 0 Å². The number of para-hydroxylation sites is 2. The Morgan fingerprint density at radius 2 is 1.92 bits per heavy atom. The van der Waals surface area contributed by atoms with Gasteiger partial charge >= 0.3 is 0 Å². The van der Waals surface area contributed by atoms with Gasteiger partial charge in [0, 0.05) is 0 Å². The molecule has 0 spiro atoms. The number of rotatable bonds is 8. The smallest absolute Gasteiger partial charge is 0.262 e. The van der Waals surface area contributed by atoms with Crippen LogP contribution < -0.4 is 14.8 Å². The summed E-state index contributed by atoms with van der Waals surface area (Å²) in [4.78, 5) is 21.2. The topological polar surface area (TPSA) is 123 Å². The zero-order chi connectivity index (χ0) is 25.3. The fourth-order valence-corrected chi connectivity index (χ4v) is 6.12. The first-order valence-corrected chi connectivity index (χ1v) is 14.0. The van der Waals surface area contributed by atoms with Gasteiger partial charge in [-0.2, -0.15) is 0 Å². The lowest BCUT2D eigenvalue weighted by atomic mass is 10.2. The van der Waals surface area contributed by atoms with Crippen molar-refractivity contribution in [3.63, 3.8) is 0 Å². The minimum Gasteiger partial charge on any atom is -0.495 e. The highest BCUT2D eigenvalue weighted by atomic mass is 32.2. The zero-order valence-corrected chi connectivity index (χ0v) is 21.6. The summed E-state index contributed by atoms with van der Waals surface area (Å²) in [6.07, 6.45) is 0. The van der Waals surface area contributed by atoms with Gasteiger partial charge in [0.15, 0.2) is 10.7 Å². The van der Waals surface area contributed by atoms with E-state index in [0.29, 0.717) is 27.7 Å². The van der Waals surface area contributed by atoms with Gasteiger partial charge in [-0.3, -0.25) is 9.52 Å². The largest absolute Gasteiger partial charge is 0.495 e. The number of amides is 1. The molecule has 0 saturated heterocycles. The Bertz CT molecular complexity index is 1690. The second-order valence-corrected chi connectivity index (χ2v) is 11.4. The number of ether oxygens (including phenoxy) is 1. The van der Waals surface area contributed by atoms with E-state index in [1.807, 2.05) is 25.1 Å².